The van der Waals surface area contributed by atoms with Crippen LogP contribution in [0, 0.1) is 19.1 Å². The van der Waals surface area contributed by atoms with E-state index in [1.807, 2.05) is 30.7 Å². The van der Waals surface area contributed by atoms with Crippen LogP contribution in [-0.4, -0.2) is 24.1 Å². The summed E-state index contributed by atoms with van der Waals surface area (Å²) in [6.07, 6.45) is 17.6. The van der Waals surface area contributed by atoms with E-state index in [2.05, 4.69) is 174 Å². The van der Waals surface area contributed by atoms with Gasteiger partial charge in [0.25, 0.3) is 0 Å². The van der Waals surface area contributed by atoms with Crippen LogP contribution in [0.5, 0.6) is 0 Å². The summed E-state index contributed by atoms with van der Waals surface area (Å²) in [4.78, 5) is 14.0. The van der Waals surface area contributed by atoms with Crippen molar-refractivity contribution in [3.63, 3.8) is 0 Å². The molecule has 0 atom stereocenters. The Morgan fingerprint density at radius 3 is 1.55 bits per heavy atom. The van der Waals surface area contributed by atoms with Crippen LogP contribution in [0.1, 0.15) is 69.4 Å². The normalized spacial score (nSPS) is 11.2. The van der Waals surface area contributed by atoms with E-state index in [0.29, 0.717) is 0 Å². The van der Waals surface area contributed by atoms with Gasteiger partial charge in [0, 0.05) is 61.1 Å². The van der Waals surface area contributed by atoms with E-state index < -0.39 is 0 Å². The number of aromatic nitrogens is 5. The van der Waals surface area contributed by atoms with Crippen molar-refractivity contribution in [2.24, 2.45) is 0 Å². The summed E-state index contributed by atoms with van der Waals surface area (Å²) in [5.41, 5.74) is 12.4. The molecule has 0 aliphatic heterocycles. The van der Waals surface area contributed by atoms with E-state index in [0.717, 1.165) is 57.0 Å². The fourth-order valence-corrected chi connectivity index (χ4v) is 8.65. The summed E-state index contributed by atoms with van der Waals surface area (Å²) in [5, 5.41) is 4.90. The molecule has 0 saturated heterocycles. The molecular formula is C56H51IrN5-2. The van der Waals surface area contributed by atoms with Crippen molar-refractivity contribution in [2.45, 2.75) is 71.6 Å². The molecule has 0 aliphatic rings. The fourth-order valence-electron chi connectivity index (χ4n) is 8.65. The van der Waals surface area contributed by atoms with E-state index in [1.165, 1.54) is 89.5 Å². The molecule has 0 bridgehead atoms. The maximum atomic E-state index is 4.70. The minimum absolute atomic E-state index is 0. The van der Waals surface area contributed by atoms with E-state index in [9.17, 15) is 0 Å². The van der Waals surface area contributed by atoms with Crippen molar-refractivity contribution in [1.82, 2.24) is 24.1 Å². The zero-order valence-electron chi connectivity index (χ0n) is 35.5. The number of pyridine rings is 1. The zero-order valence-corrected chi connectivity index (χ0v) is 37.9. The monoisotopic (exact) mass is 986 g/mol. The Hall–Kier alpha value is -6.20. The predicted octanol–water partition coefficient (Wildman–Crippen LogP) is 14.7. The second-order valence-electron chi connectivity index (χ2n) is 16.0. The van der Waals surface area contributed by atoms with Gasteiger partial charge in [0.15, 0.2) is 0 Å². The van der Waals surface area contributed by atoms with Crippen molar-refractivity contribution in [2.75, 3.05) is 0 Å². The van der Waals surface area contributed by atoms with Gasteiger partial charge in [-0.25, -0.2) is 0 Å². The van der Waals surface area contributed by atoms with Crippen LogP contribution in [0.15, 0.2) is 164 Å². The molecule has 311 valence electrons. The molecule has 0 spiro atoms. The van der Waals surface area contributed by atoms with Crippen LogP contribution < -0.4 is 0 Å². The van der Waals surface area contributed by atoms with Crippen LogP contribution in [0.2, 0.25) is 0 Å². The van der Waals surface area contributed by atoms with Crippen LogP contribution >= 0.6 is 0 Å². The molecule has 4 heterocycles. The molecule has 0 amide bonds. The first-order valence-corrected chi connectivity index (χ1v) is 21.9. The molecule has 1 radical (unpaired) electrons. The van der Waals surface area contributed by atoms with Crippen molar-refractivity contribution < 1.29 is 20.1 Å². The van der Waals surface area contributed by atoms with Gasteiger partial charge in [-0.1, -0.05) is 147 Å². The molecule has 0 unspecified atom stereocenters. The quantitative estimate of drug-likeness (QED) is 0.0854. The second-order valence-corrected chi connectivity index (χ2v) is 16.0. The van der Waals surface area contributed by atoms with Gasteiger partial charge in [0.1, 0.15) is 0 Å². The summed E-state index contributed by atoms with van der Waals surface area (Å²) in [5.74, 6) is 0.739. The van der Waals surface area contributed by atoms with Crippen molar-refractivity contribution in [3.8, 4) is 34.0 Å². The Kier molecular flexibility index (Phi) is 13.8. The summed E-state index contributed by atoms with van der Waals surface area (Å²) >= 11 is 0. The van der Waals surface area contributed by atoms with E-state index in [4.69, 9.17) is 9.97 Å². The number of benzene rings is 6. The average molecular weight is 986 g/mol. The summed E-state index contributed by atoms with van der Waals surface area (Å²) < 4.78 is 4.61. The molecule has 6 heteroatoms. The van der Waals surface area contributed by atoms with Gasteiger partial charge in [0.05, 0.1) is 5.82 Å². The number of rotatable bonds is 13. The number of aryl methyl sites for hydroxylation is 2. The molecule has 6 aromatic carbocycles. The number of hydrogen-bond donors (Lipinski definition) is 0. The number of fused-ring (bicyclic) bond motifs is 6. The zero-order chi connectivity index (χ0) is 41.4. The molecular weight excluding hydrogens is 935 g/mol. The van der Waals surface area contributed by atoms with Crippen LogP contribution in [0.3, 0.4) is 0 Å². The third kappa shape index (κ3) is 9.04. The number of unbranched alkanes of at least 4 members (excludes halogenated alkanes) is 7. The van der Waals surface area contributed by atoms with Gasteiger partial charge in [-0.15, -0.1) is 47.5 Å². The number of hydrogen-bond acceptors (Lipinski definition) is 3. The first-order valence-electron chi connectivity index (χ1n) is 21.9. The third-order valence-electron chi connectivity index (χ3n) is 11.8. The largest absolute Gasteiger partial charge is 0.351 e. The summed E-state index contributed by atoms with van der Waals surface area (Å²) in [7, 11) is 0. The maximum absolute atomic E-state index is 4.70. The Labute approximate surface area is 378 Å². The van der Waals surface area contributed by atoms with Gasteiger partial charge in [-0.3, -0.25) is 9.97 Å². The average Bonchev–Trinajstić information content (AvgIpc) is 3.83. The standard InChI is InChI=1S/C32H34N3.C24H17N2.Ir/c1-2-3-4-5-6-7-8-10-15-25-23-33-32(34-24-25)26-20-21-31-29(22-26)28-18-13-14-19-30(28)35(31)27-16-11-9-12-17-27;1-17-8-7-15-25-24(17)18-13-14-23-21(16-18)20-11-5-6-12-22(20)26(23)19-9-3-2-4-10-19;/h9,11-14,16-19,21-24H,2-8,10,15H2,1H3;2-12,14-16H,1H3;/q2*-1;. The van der Waals surface area contributed by atoms with E-state index >= 15 is 0 Å². The Morgan fingerprint density at radius 2 is 0.984 bits per heavy atom. The first-order chi connectivity index (χ1) is 30.2. The first kappa shape index (κ1) is 42.5. The summed E-state index contributed by atoms with van der Waals surface area (Å²) in [6, 6.07) is 57.6. The van der Waals surface area contributed by atoms with Crippen molar-refractivity contribution in [1.29, 1.82) is 0 Å². The molecule has 10 aromatic rings. The third-order valence-corrected chi connectivity index (χ3v) is 11.8. The van der Waals surface area contributed by atoms with Gasteiger partial charge < -0.3 is 14.1 Å². The van der Waals surface area contributed by atoms with Gasteiger partial charge in [0.2, 0.25) is 0 Å². The fraction of sp³-hybridized carbons (Fsp3) is 0.196. The molecule has 0 N–H and O–H groups in total. The predicted molar refractivity (Wildman–Crippen MR) is 255 cm³/mol. The molecule has 62 heavy (non-hydrogen) atoms. The van der Waals surface area contributed by atoms with Crippen LogP contribution in [0.4, 0.5) is 0 Å². The van der Waals surface area contributed by atoms with Gasteiger partial charge in [-0.05, 0) is 95.3 Å². The van der Waals surface area contributed by atoms with E-state index in [1.54, 1.807) is 0 Å². The van der Waals surface area contributed by atoms with E-state index in [-0.39, 0.29) is 20.1 Å². The Morgan fingerprint density at radius 1 is 0.484 bits per heavy atom. The van der Waals surface area contributed by atoms with Gasteiger partial charge in [-0.2, -0.15) is 0 Å². The molecule has 10 rings (SSSR count). The molecule has 0 saturated carbocycles. The Balaban J connectivity index is 0.000000175. The second kappa shape index (κ2) is 20.1. The number of para-hydroxylation sites is 4. The molecule has 0 fully saturated rings. The van der Waals surface area contributed by atoms with Crippen LogP contribution in [0.25, 0.3) is 77.6 Å². The molecule has 4 aromatic heterocycles. The minimum Gasteiger partial charge on any atom is -0.351 e. The van der Waals surface area contributed by atoms with Crippen molar-refractivity contribution >= 4 is 43.6 Å². The molecule has 5 nitrogen and oxygen atoms in total. The maximum Gasteiger partial charge on any atom is 0.0748 e. The van der Waals surface area contributed by atoms with Crippen molar-refractivity contribution in [3.05, 3.63) is 187 Å². The topological polar surface area (TPSA) is 48.5 Å². The summed E-state index contributed by atoms with van der Waals surface area (Å²) in [6.45, 7) is 4.36. The SMILES string of the molecule is CCCCCCCCCCc1cnc(-c2[c-]cc3c(c2)c2ccccc2n3-c2ccccc2)nc1.Cc1cccnc1-c1[c-]cc2c(c1)c1ccccc1n2-c1ccccc1.[Ir]. The Bertz CT molecular complexity index is 3020. The smallest absolute Gasteiger partial charge is 0.0748 e. The van der Waals surface area contributed by atoms with Gasteiger partial charge >= 0.3 is 0 Å². The van der Waals surface area contributed by atoms with Crippen LogP contribution in [-0.2, 0) is 26.5 Å². The minimum atomic E-state index is 0. The molecule has 0 aliphatic carbocycles. The number of nitrogens with zero attached hydrogens (tertiary/aromatic N) is 5.